The van der Waals surface area contributed by atoms with Gasteiger partial charge in [0, 0.05) is 18.0 Å². The van der Waals surface area contributed by atoms with Crippen LogP contribution in [0.2, 0.25) is 0 Å². The molecule has 0 aromatic carbocycles. The van der Waals surface area contributed by atoms with Crippen LogP contribution in [0, 0.1) is 5.92 Å². The van der Waals surface area contributed by atoms with Crippen LogP contribution in [-0.2, 0) is 9.59 Å². The number of carboxylic acids is 1. The summed E-state index contributed by atoms with van der Waals surface area (Å²) in [4.78, 5) is 26.0. The molecule has 1 rings (SSSR count). The fourth-order valence-electron chi connectivity index (χ4n) is 2.79. The van der Waals surface area contributed by atoms with E-state index in [1.807, 2.05) is 45.1 Å². The average Bonchev–Trinajstić information content (AvgIpc) is 2.84. The molecule has 0 aromatic rings. The molecule has 0 aliphatic carbocycles. The van der Waals surface area contributed by atoms with Gasteiger partial charge in [0.15, 0.2) is 0 Å². The van der Waals surface area contributed by atoms with Crippen molar-refractivity contribution in [2.24, 2.45) is 5.92 Å². The summed E-state index contributed by atoms with van der Waals surface area (Å²) in [5.74, 6) is -1.80. The van der Waals surface area contributed by atoms with Crippen LogP contribution >= 0.6 is 0 Å². The molecule has 4 nitrogen and oxygen atoms in total. The maximum atomic E-state index is 12.8. The van der Waals surface area contributed by atoms with Crippen LogP contribution < -0.4 is 0 Å². The number of allylic oxidation sites excluding steroid dienone is 8. The third kappa shape index (κ3) is 5.06. The molecule has 0 bridgehead atoms. The van der Waals surface area contributed by atoms with E-state index >= 15 is 0 Å². The van der Waals surface area contributed by atoms with Crippen LogP contribution in [-0.4, -0.2) is 28.4 Å². The summed E-state index contributed by atoms with van der Waals surface area (Å²) in [6, 6.07) is 0. The molecule has 0 fully saturated rings. The van der Waals surface area contributed by atoms with Gasteiger partial charge >= 0.3 is 5.97 Å². The van der Waals surface area contributed by atoms with Crippen LogP contribution in [0.5, 0.6) is 0 Å². The Hall–Kier alpha value is -2.88. The molecule has 1 aliphatic rings. The molecule has 138 valence electrons. The first kappa shape index (κ1) is 21.2. The molecular formula is C22H27NO3. The molecule has 1 unspecified atom stereocenters. The minimum absolute atomic E-state index is 0.0934. The lowest BCUT2D eigenvalue weighted by Gasteiger charge is -2.22. The van der Waals surface area contributed by atoms with E-state index in [1.54, 1.807) is 37.3 Å². The van der Waals surface area contributed by atoms with E-state index in [9.17, 15) is 14.7 Å². The van der Waals surface area contributed by atoms with Gasteiger partial charge in [-0.2, -0.15) is 0 Å². The number of aliphatic carboxylic acids is 1. The Morgan fingerprint density at radius 1 is 1.23 bits per heavy atom. The largest absolute Gasteiger partial charge is 0.477 e. The summed E-state index contributed by atoms with van der Waals surface area (Å²) in [6.45, 7) is 11.8. The molecule has 0 saturated carbocycles. The average molecular weight is 353 g/mol. The highest BCUT2D eigenvalue weighted by atomic mass is 16.4. The number of carbonyl (C=O) groups is 2. The van der Waals surface area contributed by atoms with Gasteiger partial charge in [0.1, 0.15) is 5.57 Å². The van der Waals surface area contributed by atoms with Gasteiger partial charge in [0.05, 0.1) is 5.70 Å². The lowest BCUT2D eigenvalue weighted by molar-refractivity contribution is -0.136. The van der Waals surface area contributed by atoms with Crippen molar-refractivity contribution in [3.8, 4) is 0 Å². The van der Waals surface area contributed by atoms with Crippen molar-refractivity contribution < 1.29 is 14.7 Å². The summed E-state index contributed by atoms with van der Waals surface area (Å²) in [6.07, 6.45) is 16.5. The molecular weight excluding hydrogens is 326 g/mol. The zero-order valence-electron chi connectivity index (χ0n) is 15.9. The quantitative estimate of drug-likeness (QED) is 0.395. The number of hydrogen-bond donors (Lipinski definition) is 1. The minimum atomic E-state index is -1.22. The minimum Gasteiger partial charge on any atom is -0.477 e. The Balaban J connectivity index is 3.37. The van der Waals surface area contributed by atoms with E-state index in [0.29, 0.717) is 17.8 Å². The number of nitrogens with zero attached hydrogens (tertiary/aromatic N) is 1. The van der Waals surface area contributed by atoms with Crippen molar-refractivity contribution in [3.63, 3.8) is 0 Å². The fourth-order valence-corrected chi connectivity index (χ4v) is 2.79. The normalized spacial score (nSPS) is 18.9. The van der Waals surface area contributed by atoms with E-state index in [4.69, 9.17) is 0 Å². The Morgan fingerprint density at radius 3 is 2.42 bits per heavy atom. The fraction of sp³-hybridized carbons (Fsp3) is 0.273. The summed E-state index contributed by atoms with van der Waals surface area (Å²) < 4.78 is 0. The number of rotatable bonds is 8. The Morgan fingerprint density at radius 2 is 1.92 bits per heavy atom. The Bertz CT molecular complexity index is 745. The maximum absolute atomic E-state index is 12.8. The predicted octanol–water partition coefficient (Wildman–Crippen LogP) is 4.57. The molecule has 1 atom stereocenters. The van der Waals surface area contributed by atoms with Gasteiger partial charge in [-0.3, -0.25) is 4.79 Å². The van der Waals surface area contributed by atoms with Gasteiger partial charge in [-0.1, -0.05) is 54.2 Å². The zero-order chi connectivity index (χ0) is 19.7. The number of carbonyl (C=O) groups excluding carboxylic acids is 1. The predicted molar refractivity (Wildman–Crippen MR) is 106 cm³/mol. The van der Waals surface area contributed by atoms with Gasteiger partial charge in [0.2, 0.25) is 0 Å². The first-order chi connectivity index (χ1) is 12.4. The van der Waals surface area contributed by atoms with E-state index in [1.165, 1.54) is 4.90 Å². The molecule has 26 heavy (non-hydrogen) atoms. The van der Waals surface area contributed by atoms with Crippen LogP contribution in [0.4, 0.5) is 0 Å². The van der Waals surface area contributed by atoms with Crippen molar-refractivity contribution in [3.05, 3.63) is 83.7 Å². The number of amides is 1. The third-order valence-electron chi connectivity index (χ3n) is 3.89. The molecule has 0 radical (unpaired) electrons. The third-order valence-corrected chi connectivity index (χ3v) is 3.89. The summed E-state index contributed by atoms with van der Waals surface area (Å²) in [7, 11) is 0. The van der Waals surface area contributed by atoms with Gasteiger partial charge in [-0.15, -0.1) is 6.58 Å². The highest BCUT2D eigenvalue weighted by Crippen LogP contribution is 2.32. The molecule has 1 aliphatic heterocycles. The Kier molecular flexibility index (Phi) is 8.29. The van der Waals surface area contributed by atoms with Crippen molar-refractivity contribution in [2.75, 3.05) is 6.54 Å². The lowest BCUT2D eigenvalue weighted by atomic mass is 10.0. The van der Waals surface area contributed by atoms with Gasteiger partial charge in [0.25, 0.3) is 5.91 Å². The van der Waals surface area contributed by atoms with Crippen molar-refractivity contribution >= 4 is 11.9 Å². The van der Waals surface area contributed by atoms with Crippen molar-refractivity contribution in [2.45, 2.75) is 27.7 Å². The van der Waals surface area contributed by atoms with E-state index in [0.717, 1.165) is 5.57 Å². The van der Waals surface area contributed by atoms with E-state index in [2.05, 4.69) is 6.58 Å². The standard InChI is InChI=1S/C22H27NO3/c1-6-10-13-19-18(12-8-3)20(22(25)26)21(24)23(19)15-17(9-4)14-16(5)11-7-2/h6-14,17H,4,15H2,1-3,5H3,(H,25,26)/b10-6-,11-7-,12-8-,16-14?,19-13+. The van der Waals surface area contributed by atoms with Crippen molar-refractivity contribution in [1.82, 2.24) is 4.90 Å². The molecule has 0 spiro atoms. The van der Waals surface area contributed by atoms with Crippen LogP contribution in [0.1, 0.15) is 27.7 Å². The van der Waals surface area contributed by atoms with Gasteiger partial charge in [-0.05, 0) is 33.8 Å². The molecule has 1 amide bonds. The first-order valence-electron chi connectivity index (χ1n) is 8.60. The van der Waals surface area contributed by atoms with Crippen molar-refractivity contribution in [1.29, 1.82) is 0 Å². The maximum Gasteiger partial charge on any atom is 0.342 e. The highest BCUT2D eigenvalue weighted by molar-refractivity contribution is 6.20. The first-order valence-corrected chi connectivity index (χ1v) is 8.60. The zero-order valence-corrected chi connectivity index (χ0v) is 15.9. The molecule has 1 heterocycles. The number of carboxylic acid groups (broad SMARTS) is 1. The van der Waals surface area contributed by atoms with Gasteiger partial charge in [-0.25, -0.2) is 4.79 Å². The molecule has 0 saturated heterocycles. The smallest absolute Gasteiger partial charge is 0.342 e. The SMILES string of the molecule is C=CC(C=C(C)/C=C\C)CN1C(=O)C(C(=O)O)=C(/C=C\C)/C1=C\C=C/C. The van der Waals surface area contributed by atoms with E-state index in [-0.39, 0.29) is 11.5 Å². The molecule has 0 aromatic heterocycles. The topological polar surface area (TPSA) is 57.6 Å². The number of hydrogen-bond acceptors (Lipinski definition) is 2. The Labute approximate surface area is 155 Å². The second kappa shape index (κ2) is 10.2. The van der Waals surface area contributed by atoms with Crippen LogP contribution in [0.15, 0.2) is 83.7 Å². The van der Waals surface area contributed by atoms with Crippen LogP contribution in [0.25, 0.3) is 0 Å². The van der Waals surface area contributed by atoms with E-state index < -0.39 is 11.9 Å². The van der Waals surface area contributed by atoms with Crippen LogP contribution in [0.3, 0.4) is 0 Å². The summed E-state index contributed by atoms with van der Waals surface area (Å²) in [5, 5.41) is 9.52. The summed E-state index contributed by atoms with van der Waals surface area (Å²) in [5.41, 5.74) is 1.88. The summed E-state index contributed by atoms with van der Waals surface area (Å²) >= 11 is 0. The monoisotopic (exact) mass is 353 g/mol. The second-order valence-electron chi connectivity index (χ2n) is 5.90. The molecule has 4 heteroatoms. The lowest BCUT2D eigenvalue weighted by Crippen LogP contribution is -2.31. The highest BCUT2D eigenvalue weighted by Gasteiger charge is 2.37. The van der Waals surface area contributed by atoms with Gasteiger partial charge < -0.3 is 10.0 Å². The second-order valence-corrected chi connectivity index (χ2v) is 5.90. The molecule has 1 N–H and O–H groups in total.